The fraction of sp³-hybridized carbons (Fsp3) is 0.304. The van der Waals surface area contributed by atoms with Crippen LogP contribution in [0.1, 0.15) is 44.6 Å². The van der Waals surface area contributed by atoms with Gasteiger partial charge >= 0.3 is 0 Å². The molecule has 0 fully saturated rings. The first-order valence-electron chi connectivity index (χ1n) is 9.39. The van der Waals surface area contributed by atoms with Gasteiger partial charge in [0.05, 0.1) is 5.69 Å². The second-order valence-electron chi connectivity index (χ2n) is 8.33. The normalized spacial score (nSPS) is 21.7. The standard InChI is InChI=1S/C23H22BrNO3/c1-23(2)12-19-22(20(27)13-23)16(14-7-9-15(26)10-8-14)11-21(28)25(19)18-6-4-3-5-17(18)24/h3-10,16,26H,11-13H2,1-2H3. The lowest BCUT2D eigenvalue weighted by molar-refractivity contribution is -0.121. The summed E-state index contributed by atoms with van der Waals surface area (Å²) in [5, 5.41) is 9.62. The van der Waals surface area contributed by atoms with E-state index in [1.165, 1.54) is 0 Å². The van der Waals surface area contributed by atoms with Gasteiger partial charge in [-0.2, -0.15) is 0 Å². The molecule has 0 spiro atoms. The highest BCUT2D eigenvalue weighted by atomic mass is 79.9. The predicted octanol–water partition coefficient (Wildman–Crippen LogP) is 5.32. The Balaban J connectivity index is 1.91. The van der Waals surface area contributed by atoms with Crippen molar-refractivity contribution in [3.05, 3.63) is 69.8 Å². The van der Waals surface area contributed by atoms with E-state index in [-0.39, 0.29) is 35.2 Å². The summed E-state index contributed by atoms with van der Waals surface area (Å²) in [6, 6.07) is 14.4. The van der Waals surface area contributed by atoms with Gasteiger partial charge in [0.25, 0.3) is 0 Å². The minimum atomic E-state index is -0.273. The molecule has 0 saturated carbocycles. The van der Waals surface area contributed by atoms with E-state index in [1.54, 1.807) is 29.2 Å². The van der Waals surface area contributed by atoms with Crippen LogP contribution in [0.25, 0.3) is 0 Å². The van der Waals surface area contributed by atoms with Crippen molar-refractivity contribution in [2.45, 2.75) is 39.0 Å². The van der Waals surface area contributed by atoms with E-state index in [4.69, 9.17) is 0 Å². The van der Waals surface area contributed by atoms with Crippen molar-refractivity contribution in [1.29, 1.82) is 0 Å². The van der Waals surface area contributed by atoms with Gasteiger partial charge in [-0.15, -0.1) is 0 Å². The van der Waals surface area contributed by atoms with Gasteiger partial charge < -0.3 is 5.11 Å². The first-order valence-corrected chi connectivity index (χ1v) is 10.2. The molecule has 5 heteroatoms. The molecule has 1 amide bonds. The monoisotopic (exact) mass is 439 g/mol. The summed E-state index contributed by atoms with van der Waals surface area (Å²) in [7, 11) is 0. The molecule has 2 aromatic carbocycles. The second kappa shape index (κ2) is 6.89. The Morgan fingerprint density at radius 1 is 1.04 bits per heavy atom. The van der Waals surface area contributed by atoms with E-state index in [0.717, 1.165) is 27.0 Å². The van der Waals surface area contributed by atoms with Crippen molar-refractivity contribution in [2.75, 3.05) is 4.90 Å². The molecule has 28 heavy (non-hydrogen) atoms. The minimum absolute atomic E-state index is 0.0192. The lowest BCUT2D eigenvalue weighted by Gasteiger charge is -2.43. The quantitative estimate of drug-likeness (QED) is 0.688. The summed E-state index contributed by atoms with van der Waals surface area (Å²) < 4.78 is 0.828. The number of hydrogen-bond donors (Lipinski definition) is 1. The molecule has 2 aliphatic rings. The molecule has 0 saturated heterocycles. The Morgan fingerprint density at radius 3 is 2.39 bits per heavy atom. The molecule has 0 aromatic heterocycles. The molecule has 0 radical (unpaired) electrons. The van der Waals surface area contributed by atoms with Gasteiger partial charge in [-0.3, -0.25) is 14.5 Å². The summed E-state index contributed by atoms with van der Waals surface area (Å²) in [6.07, 6.45) is 1.37. The van der Waals surface area contributed by atoms with Crippen molar-refractivity contribution < 1.29 is 14.7 Å². The van der Waals surface area contributed by atoms with E-state index >= 15 is 0 Å². The fourth-order valence-corrected chi connectivity index (χ4v) is 4.78. The zero-order chi connectivity index (χ0) is 20.1. The van der Waals surface area contributed by atoms with Crippen molar-refractivity contribution in [1.82, 2.24) is 0 Å². The summed E-state index contributed by atoms with van der Waals surface area (Å²) in [5.41, 5.74) is 3.00. The largest absolute Gasteiger partial charge is 0.508 e. The Labute approximate surface area is 173 Å². The van der Waals surface area contributed by atoms with Gasteiger partial charge in [-0.25, -0.2) is 0 Å². The lowest BCUT2D eigenvalue weighted by Crippen LogP contribution is -2.43. The Bertz CT molecular complexity index is 991. The molecule has 1 heterocycles. The SMILES string of the molecule is CC1(C)CC(=O)C2=C(C1)N(c1ccccc1Br)C(=O)CC2c1ccc(O)cc1. The van der Waals surface area contributed by atoms with Crippen LogP contribution < -0.4 is 4.90 Å². The minimum Gasteiger partial charge on any atom is -0.508 e. The molecule has 1 atom stereocenters. The highest BCUT2D eigenvalue weighted by Crippen LogP contribution is 2.49. The maximum Gasteiger partial charge on any atom is 0.232 e. The van der Waals surface area contributed by atoms with Crippen LogP contribution in [0, 0.1) is 5.41 Å². The average Bonchev–Trinajstić information content (AvgIpc) is 2.62. The molecule has 1 N–H and O–H groups in total. The van der Waals surface area contributed by atoms with Crippen LogP contribution in [0.3, 0.4) is 0 Å². The van der Waals surface area contributed by atoms with Gasteiger partial charge in [0, 0.05) is 34.5 Å². The first-order chi connectivity index (χ1) is 13.3. The van der Waals surface area contributed by atoms with Crippen molar-refractivity contribution in [3.8, 4) is 5.75 Å². The molecule has 1 unspecified atom stereocenters. The maximum atomic E-state index is 13.3. The topological polar surface area (TPSA) is 57.6 Å². The molecule has 1 aliphatic carbocycles. The molecule has 1 aliphatic heterocycles. The summed E-state index contributed by atoms with van der Waals surface area (Å²) >= 11 is 3.56. The average molecular weight is 440 g/mol. The second-order valence-corrected chi connectivity index (χ2v) is 9.18. The highest BCUT2D eigenvalue weighted by molar-refractivity contribution is 9.10. The van der Waals surface area contributed by atoms with E-state index in [2.05, 4.69) is 29.8 Å². The number of allylic oxidation sites excluding steroid dienone is 2. The molecular weight excluding hydrogens is 418 g/mol. The number of halogens is 1. The van der Waals surface area contributed by atoms with Crippen LogP contribution in [0.15, 0.2) is 64.3 Å². The number of rotatable bonds is 2. The number of benzene rings is 2. The molecule has 2 aromatic rings. The van der Waals surface area contributed by atoms with E-state index in [0.29, 0.717) is 12.8 Å². The zero-order valence-corrected chi connectivity index (χ0v) is 17.5. The van der Waals surface area contributed by atoms with Gasteiger partial charge in [0.15, 0.2) is 5.78 Å². The number of phenolic OH excluding ortho intramolecular Hbond substituents is 1. The van der Waals surface area contributed by atoms with E-state index < -0.39 is 0 Å². The Kier molecular flexibility index (Phi) is 4.66. The third-order valence-corrected chi connectivity index (χ3v) is 6.20. The number of Topliss-reactive ketones (excluding diaryl/α,β-unsaturated/α-hetero) is 1. The Hall–Kier alpha value is -2.40. The first kappa shape index (κ1) is 18.9. The number of amides is 1. The number of carbonyl (C=O) groups is 2. The number of hydrogen-bond acceptors (Lipinski definition) is 3. The van der Waals surface area contributed by atoms with Gasteiger partial charge in [-0.1, -0.05) is 38.1 Å². The third-order valence-electron chi connectivity index (χ3n) is 5.53. The van der Waals surface area contributed by atoms with Gasteiger partial charge in [0.2, 0.25) is 5.91 Å². The van der Waals surface area contributed by atoms with Gasteiger partial charge in [0.1, 0.15) is 5.75 Å². The molecular formula is C23H22BrNO3. The summed E-state index contributed by atoms with van der Waals surface area (Å²) in [6.45, 7) is 4.14. The van der Waals surface area contributed by atoms with Crippen molar-refractivity contribution in [3.63, 3.8) is 0 Å². The maximum absolute atomic E-state index is 13.3. The summed E-state index contributed by atoms with van der Waals surface area (Å²) in [4.78, 5) is 28.2. The van der Waals surface area contributed by atoms with Crippen molar-refractivity contribution in [2.24, 2.45) is 5.41 Å². The molecule has 4 rings (SSSR count). The van der Waals surface area contributed by atoms with Crippen molar-refractivity contribution >= 4 is 33.3 Å². The number of carbonyl (C=O) groups excluding carboxylic acids is 2. The molecule has 0 bridgehead atoms. The number of aromatic hydroxyl groups is 1. The number of para-hydroxylation sites is 1. The highest BCUT2D eigenvalue weighted by Gasteiger charge is 2.44. The van der Waals surface area contributed by atoms with Crippen LogP contribution in [-0.2, 0) is 9.59 Å². The third kappa shape index (κ3) is 3.28. The Morgan fingerprint density at radius 2 is 1.71 bits per heavy atom. The predicted molar refractivity (Wildman–Crippen MR) is 112 cm³/mol. The van der Waals surface area contributed by atoms with E-state index in [1.807, 2.05) is 24.3 Å². The van der Waals surface area contributed by atoms with Crippen LogP contribution in [-0.4, -0.2) is 16.8 Å². The molecule has 144 valence electrons. The number of ketones is 1. The van der Waals surface area contributed by atoms with Crippen LogP contribution in [0.4, 0.5) is 5.69 Å². The van der Waals surface area contributed by atoms with Gasteiger partial charge in [-0.05, 0) is 57.6 Å². The van der Waals surface area contributed by atoms with Crippen LogP contribution >= 0.6 is 15.9 Å². The number of nitrogens with zero attached hydrogens (tertiary/aromatic N) is 1. The lowest BCUT2D eigenvalue weighted by atomic mass is 9.69. The van der Waals surface area contributed by atoms with Crippen LogP contribution in [0.5, 0.6) is 5.75 Å². The number of anilines is 1. The molecule has 4 nitrogen and oxygen atoms in total. The van der Waals surface area contributed by atoms with Crippen LogP contribution in [0.2, 0.25) is 0 Å². The zero-order valence-electron chi connectivity index (χ0n) is 15.9. The summed E-state index contributed by atoms with van der Waals surface area (Å²) in [5.74, 6) is -0.0143. The fourth-order valence-electron chi connectivity index (χ4n) is 4.32. The number of phenols is 1. The van der Waals surface area contributed by atoms with E-state index in [9.17, 15) is 14.7 Å². The smallest absolute Gasteiger partial charge is 0.232 e.